The van der Waals surface area contributed by atoms with Crippen LogP contribution in [0.3, 0.4) is 0 Å². The van der Waals surface area contributed by atoms with Crippen LogP contribution in [-0.4, -0.2) is 74.1 Å². The van der Waals surface area contributed by atoms with Crippen LogP contribution in [0, 0.1) is 10.1 Å². The van der Waals surface area contributed by atoms with Crippen LogP contribution in [0.5, 0.6) is 5.88 Å². The topological polar surface area (TPSA) is 156 Å². The number of fused-ring (bicyclic) bond motifs is 2. The summed E-state index contributed by atoms with van der Waals surface area (Å²) in [6, 6.07) is 20.7. The zero-order valence-corrected chi connectivity index (χ0v) is 23.5. The number of benzene rings is 3. The van der Waals surface area contributed by atoms with Gasteiger partial charge in [-0.15, -0.1) is 5.10 Å². The number of nitro groups is 1. The monoisotopic (exact) mass is 596 g/mol. The first-order valence-corrected chi connectivity index (χ1v) is 13.9. The van der Waals surface area contributed by atoms with Gasteiger partial charge in [0, 0.05) is 29.6 Å². The van der Waals surface area contributed by atoms with Crippen LogP contribution in [0.25, 0.3) is 16.6 Å². The van der Waals surface area contributed by atoms with Crippen molar-refractivity contribution in [3.63, 3.8) is 0 Å². The molecule has 0 unspecified atom stereocenters. The minimum absolute atomic E-state index is 0.00581. The van der Waals surface area contributed by atoms with Crippen molar-refractivity contribution in [3.05, 3.63) is 106 Å². The highest BCUT2D eigenvalue weighted by Gasteiger charge is 2.31. The molecule has 5 aromatic rings. The van der Waals surface area contributed by atoms with Gasteiger partial charge in [-0.25, -0.2) is 9.67 Å². The maximum atomic E-state index is 13.1. The summed E-state index contributed by atoms with van der Waals surface area (Å²) in [5.41, 5.74) is 3.86. The van der Waals surface area contributed by atoms with Crippen molar-refractivity contribution in [1.82, 2.24) is 19.6 Å². The highest BCUT2D eigenvalue weighted by atomic mass is 16.6. The summed E-state index contributed by atoms with van der Waals surface area (Å²) < 4.78 is 20.2. The molecule has 2 aromatic heterocycles. The molecule has 0 radical (unpaired) electrons. The van der Waals surface area contributed by atoms with Gasteiger partial charge in [0.2, 0.25) is 11.7 Å². The summed E-state index contributed by atoms with van der Waals surface area (Å²) in [7, 11) is 0. The van der Waals surface area contributed by atoms with Crippen LogP contribution in [0.4, 0.5) is 11.4 Å². The maximum absolute atomic E-state index is 13.1. The standard InChI is InChI=1S/C31H28N6O7/c38-30-24-5-1-3-7-26(24)32-29(30)28-25-6-2-4-8-27(25)35(31(28)39)13-14-42-15-16-43-17-18-44-20-21-19-36(34-33-21)22-9-11-23(12-10-22)37(40)41/h1-12,19,39H,13-18,20H2. The van der Waals surface area contributed by atoms with E-state index in [1.807, 2.05) is 30.3 Å². The van der Waals surface area contributed by atoms with Gasteiger partial charge in [-0.2, -0.15) is 0 Å². The van der Waals surface area contributed by atoms with Gasteiger partial charge in [0.05, 0.1) is 73.2 Å². The average molecular weight is 597 g/mol. The minimum Gasteiger partial charge on any atom is -0.494 e. The summed E-state index contributed by atoms with van der Waals surface area (Å²) in [6.45, 7) is 2.39. The van der Waals surface area contributed by atoms with Gasteiger partial charge >= 0.3 is 0 Å². The fraction of sp³-hybridized carbons (Fsp3) is 0.226. The van der Waals surface area contributed by atoms with Crippen molar-refractivity contribution in [2.45, 2.75) is 13.2 Å². The summed E-state index contributed by atoms with van der Waals surface area (Å²) in [5.74, 6) is -0.222. The molecular weight excluding hydrogens is 568 g/mol. The second-order valence-corrected chi connectivity index (χ2v) is 9.88. The van der Waals surface area contributed by atoms with Gasteiger partial charge in [0.25, 0.3) is 5.69 Å². The quantitative estimate of drug-likeness (QED) is 0.111. The van der Waals surface area contributed by atoms with Gasteiger partial charge < -0.3 is 23.9 Å². The Morgan fingerprint density at radius 1 is 0.864 bits per heavy atom. The largest absolute Gasteiger partial charge is 0.494 e. The number of hydrogen-bond acceptors (Lipinski definition) is 10. The van der Waals surface area contributed by atoms with E-state index in [1.165, 1.54) is 16.8 Å². The van der Waals surface area contributed by atoms with E-state index in [4.69, 9.17) is 14.2 Å². The number of aromatic hydroxyl groups is 1. The molecule has 0 amide bonds. The average Bonchev–Trinajstić information content (AvgIpc) is 3.72. The molecule has 0 saturated carbocycles. The number of aromatic nitrogens is 4. The molecule has 0 bridgehead atoms. The maximum Gasteiger partial charge on any atom is 0.269 e. The molecule has 0 fully saturated rings. The van der Waals surface area contributed by atoms with Crippen LogP contribution in [0.2, 0.25) is 0 Å². The second kappa shape index (κ2) is 13.0. The number of ketones is 1. The minimum atomic E-state index is -0.456. The van der Waals surface area contributed by atoms with Crippen LogP contribution < -0.4 is 0 Å². The molecule has 224 valence electrons. The number of hydrogen-bond donors (Lipinski definition) is 1. The number of ether oxygens (including phenoxy) is 3. The predicted octanol–water partition coefficient (Wildman–Crippen LogP) is 4.40. The number of carbonyl (C=O) groups excluding carboxylic acids is 1. The van der Waals surface area contributed by atoms with E-state index in [1.54, 1.807) is 41.1 Å². The number of Topliss-reactive ketones (excluding diaryl/α,β-unsaturated/α-hetero) is 1. The predicted molar refractivity (Wildman–Crippen MR) is 160 cm³/mol. The molecule has 1 N–H and O–H groups in total. The molecule has 0 aliphatic carbocycles. The van der Waals surface area contributed by atoms with E-state index < -0.39 is 4.92 Å². The van der Waals surface area contributed by atoms with Crippen LogP contribution in [0.1, 0.15) is 21.6 Å². The molecule has 0 spiro atoms. The number of nitrogens with zero attached hydrogens (tertiary/aromatic N) is 6. The summed E-state index contributed by atoms with van der Waals surface area (Å²) in [6.07, 6.45) is 1.70. The lowest BCUT2D eigenvalue weighted by molar-refractivity contribution is -0.384. The highest BCUT2D eigenvalue weighted by molar-refractivity contribution is 6.56. The van der Waals surface area contributed by atoms with E-state index in [2.05, 4.69) is 15.3 Å². The van der Waals surface area contributed by atoms with Crippen molar-refractivity contribution in [1.29, 1.82) is 0 Å². The molecule has 44 heavy (non-hydrogen) atoms. The van der Waals surface area contributed by atoms with Gasteiger partial charge in [-0.05, 0) is 30.3 Å². The highest BCUT2D eigenvalue weighted by Crippen LogP contribution is 2.37. The SMILES string of the molecule is O=C1C(c2c(O)n(CCOCCOCCOCc3cn(-c4ccc([N+](=O)[O-])cc4)nn3)c3ccccc23)=Nc2ccccc21. The molecule has 0 atom stereocenters. The normalized spacial score (nSPS) is 12.5. The van der Waals surface area contributed by atoms with Gasteiger partial charge in [0.15, 0.2) is 0 Å². The van der Waals surface area contributed by atoms with Crippen molar-refractivity contribution in [2.24, 2.45) is 4.99 Å². The van der Waals surface area contributed by atoms with Crippen LogP contribution in [0.15, 0.2) is 84.0 Å². The first-order chi connectivity index (χ1) is 21.5. The summed E-state index contributed by atoms with van der Waals surface area (Å²) in [4.78, 5) is 27.9. The number of para-hydroxylation sites is 2. The molecule has 13 nitrogen and oxygen atoms in total. The van der Waals surface area contributed by atoms with Gasteiger partial charge in [-0.1, -0.05) is 35.5 Å². The Balaban J connectivity index is 0.924. The zero-order chi connectivity index (χ0) is 30.5. The fourth-order valence-electron chi connectivity index (χ4n) is 4.97. The zero-order valence-electron chi connectivity index (χ0n) is 23.5. The first kappa shape index (κ1) is 28.9. The van der Waals surface area contributed by atoms with Gasteiger partial charge in [-0.3, -0.25) is 14.9 Å². The van der Waals surface area contributed by atoms with E-state index in [0.717, 1.165) is 10.9 Å². The summed E-state index contributed by atoms with van der Waals surface area (Å²) in [5, 5.41) is 30.8. The number of nitro benzene ring substituents is 1. The van der Waals surface area contributed by atoms with E-state index in [-0.39, 0.29) is 29.7 Å². The number of carbonyl (C=O) groups is 1. The van der Waals surface area contributed by atoms with Crippen LogP contribution >= 0.6 is 0 Å². The Morgan fingerprint density at radius 3 is 2.34 bits per heavy atom. The van der Waals surface area contributed by atoms with Crippen molar-refractivity contribution < 1.29 is 29.0 Å². The Morgan fingerprint density at radius 2 is 1.57 bits per heavy atom. The van der Waals surface area contributed by atoms with Gasteiger partial charge in [0.1, 0.15) is 11.4 Å². The lowest BCUT2D eigenvalue weighted by atomic mass is 10.0. The second-order valence-electron chi connectivity index (χ2n) is 9.88. The smallest absolute Gasteiger partial charge is 0.269 e. The Labute approximate surface area is 251 Å². The Hall–Kier alpha value is -5.24. The molecule has 3 heterocycles. The first-order valence-electron chi connectivity index (χ1n) is 13.9. The number of non-ortho nitro benzene ring substituents is 1. The molecule has 1 aliphatic heterocycles. The number of aliphatic imine (C=N–C) groups is 1. The van der Waals surface area contributed by atoms with Crippen molar-refractivity contribution in [3.8, 4) is 11.6 Å². The molecule has 3 aromatic carbocycles. The van der Waals surface area contributed by atoms with E-state index in [0.29, 0.717) is 67.8 Å². The third-order valence-corrected chi connectivity index (χ3v) is 7.10. The Bertz CT molecular complexity index is 1840. The fourth-order valence-corrected chi connectivity index (χ4v) is 4.97. The van der Waals surface area contributed by atoms with Crippen LogP contribution in [-0.2, 0) is 27.4 Å². The lowest BCUT2D eigenvalue weighted by Gasteiger charge is -2.09. The lowest BCUT2D eigenvalue weighted by Crippen LogP contribution is -2.13. The van der Waals surface area contributed by atoms with Crippen molar-refractivity contribution in [2.75, 3.05) is 33.0 Å². The van der Waals surface area contributed by atoms with Crippen molar-refractivity contribution >= 4 is 33.8 Å². The molecule has 0 saturated heterocycles. The number of rotatable bonds is 14. The molecule has 1 aliphatic rings. The molecule has 6 rings (SSSR count). The molecular formula is C31H28N6O7. The Kier molecular flexibility index (Phi) is 8.50. The van der Waals surface area contributed by atoms with E-state index in [9.17, 15) is 20.0 Å². The third-order valence-electron chi connectivity index (χ3n) is 7.10. The van der Waals surface area contributed by atoms with E-state index >= 15 is 0 Å². The third kappa shape index (κ3) is 5.97. The summed E-state index contributed by atoms with van der Waals surface area (Å²) >= 11 is 0. The molecule has 13 heteroatoms.